The molecule has 26 heavy (non-hydrogen) atoms. The predicted molar refractivity (Wildman–Crippen MR) is 86.2 cm³/mol. The van der Waals surface area contributed by atoms with Gasteiger partial charge in [-0.3, -0.25) is 20.2 Å². The number of ether oxygens (including phenoxy) is 1. The molecule has 2 aromatic carbocycles. The second-order valence-corrected chi connectivity index (χ2v) is 5.12. The quantitative estimate of drug-likeness (QED) is 0.352. The molecule has 0 radical (unpaired) electrons. The van der Waals surface area contributed by atoms with Gasteiger partial charge < -0.3 is 9.84 Å². The van der Waals surface area contributed by atoms with E-state index in [2.05, 4.69) is 4.99 Å². The molecule has 0 bridgehead atoms. The summed E-state index contributed by atoms with van der Waals surface area (Å²) in [5.74, 6) is -1.57. The molecule has 0 spiro atoms. The fourth-order valence-electron chi connectivity index (χ4n) is 2.19. The van der Waals surface area contributed by atoms with Crippen LogP contribution in [0.4, 0.5) is 11.4 Å². The fourth-order valence-corrected chi connectivity index (χ4v) is 2.19. The van der Waals surface area contributed by atoms with Crippen LogP contribution in [0.15, 0.2) is 53.2 Å². The van der Waals surface area contributed by atoms with Gasteiger partial charge in [-0.05, 0) is 17.7 Å². The van der Waals surface area contributed by atoms with E-state index in [0.29, 0.717) is 0 Å². The van der Waals surface area contributed by atoms with Crippen molar-refractivity contribution in [1.29, 1.82) is 0 Å². The van der Waals surface area contributed by atoms with Crippen molar-refractivity contribution in [3.8, 4) is 5.75 Å². The lowest BCUT2D eigenvalue weighted by molar-refractivity contribution is -0.385. The van der Waals surface area contributed by atoms with Gasteiger partial charge in [0.1, 0.15) is 0 Å². The lowest BCUT2D eigenvalue weighted by Crippen LogP contribution is -2.05. The third-order valence-electron chi connectivity index (χ3n) is 3.42. The molecule has 0 aromatic heterocycles. The first-order valence-electron chi connectivity index (χ1n) is 7.08. The third-order valence-corrected chi connectivity index (χ3v) is 3.42. The van der Waals surface area contributed by atoms with Gasteiger partial charge in [-0.25, -0.2) is 9.79 Å². The molecular weight excluding hydrogens is 346 g/mol. The molecule has 0 saturated carbocycles. The van der Waals surface area contributed by atoms with Crippen LogP contribution in [-0.2, 0) is 9.53 Å². The highest BCUT2D eigenvalue weighted by Crippen LogP contribution is 2.26. The van der Waals surface area contributed by atoms with Gasteiger partial charge in [0.15, 0.2) is 5.70 Å². The maximum atomic E-state index is 11.9. The van der Waals surface area contributed by atoms with Crippen molar-refractivity contribution in [3.63, 3.8) is 0 Å². The van der Waals surface area contributed by atoms with Gasteiger partial charge in [-0.15, -0.1) is 5.75 Å². The van der Waals surface area contributed by atoms with Gasteiger partial charge in [0.2, 0.25) is 5.90 Å². The number of hydrogen-bond donors (Lipinski definition) is 0. The lowest BCUT2D eigenvalue weighted by atomic mass is 10.1. The van der Waals surface area contributed by atoms with Crippen molar-refractivity contribution in [1.82, 2.24) is 0 Å². The number of nitrogens with zero attached hydrogens (tertiary/aromatic N) is 3. The summed E-state index contributed by atoms with van der Waals surface area (Å²) >= 11 is 0. The van der Waals surface area contributed by atoms with Crippen LogP contribution < -0.4 is 5.11 Å². The second-order valence-electron chi connectivity index (χ2n) is 5.12. The maximum absolute atomic E-state index is 11.9. The minimum Gasteiger partial charge on any atom is -0.872 e. The molecule has 0 fully saturated rings. The minimum atomic E-state index is -0.877. The number of rotatable bonds is 4. The Morgan fingerprint density at radius 1 is 1.00 bits per heavy atom. The number of nitro benzene ring substituents is 2. The Morgan fingerprint density at radius 3 is 2.38 bits per heavy atom. The topological polar surface area (TPSA) is 148 Å². The molecule has 10 heteroatoms. The Morgan fingerprint density at radius 2 is 1.69 bits per heavy atom. The molecule has 3 rings (SSSR count). The monoisotopic (exact) mass is 354 g/mol. The summed E-state index contributed by atoms with van der Waals surface area (Å²) in [5.41, 5.74) is -0.665. The molecule has 10 nitrogen and oxygen atoms in total. The standard InChI is InChI=1S/C16H9N3O7/c20-14-5-4-12(19(24)25)7-10(14)8-13-16(21)26-15(17-13)9-2-1-3-11(6-9)18(22)23/h1-8,20H/p-1. The molecule has 2 aromatic rings. The predicted octanol–water partition coefficient (Wildman–Crippen LogP) is 1.92. The first-order chi connectivity index (χ1) is 12.3. The highest BCUT2D eigenvalue weighted by Gasteiger charge is 2.25. The van der Waals surface area contributed by atoms with Crippen LogP contribution >= 0.6 is 0 Å². The van der Waals surface area contributed by atoms with Crippen molar-refractivity contribution < 1.29 is 24.5 Å². The summed E-state index contributed by atoms with van der Waals surface area (Å²) in [6.45, 7) is 0. The number of nitro groups is 2. The van der Waals surface area contributed by atoms with E-state index in [1.165, 1.54) is 24.3 Å². The Hall–Kier alpha value is -4.08. The minimum absolute atomic E-state index is 0.102. The molecular formula is C16H8N3O7-. The van der Waals surface area contributed by atoms with Crippen LogP contribution in [0.5, 0.6) is 5.75 Å². The van der Waals surface area contributed by atoms with Crippen LogP contribution in [0.2, 0.25) is 0 Å². The summed E-state index contributed by atoms with van der Waals surface area (Å²) < 4.78 is 4.97. The molecule has 1 aliphatic heterocycles. The van der Waals surface area contributed by atoms with E-state index in [9.17, 15) is 30.1 Å². The van der Waals surface area contributed by atoms with Crippen LogP contribution in [0.1, 0.15) is 11.1 Å². The van der Waals surface area contributed by atoms with Crippen molar-refractivity contribution in [2.75, 3.05) is 0 Å². The molecule has 0 unspecified atom stereocenters. The number of carbonyl (C=O) groups is 1. The summed E-state index contributed by atoms with van der Waals surface area (Å²) in [7, 11) is 0. The number of cyclic esters (lactones) is 1. The molecule has 130 valence electrons. The van der Waals surface area contributed by atoms with Crippen LogP contribution in [0, 0.1) is 20.2 Å². The zero-order chi connectivity index (χ0) is 18.8. The van der Waals surface area contributed by atoms with Gasteiger partial charge >= 0.3 is 5.97 Å². The average molecular weight is 354 g/mol. The summed E-state index contributed by atoms with van der Waals surface area (Å²) in [5, 5.41) is 33.4. The zero-order valence-corrected chi connectivity index (χ0v) is 12.8. The van der Waals surface area contributed by atoms with Gasteiger partial charge in [0.25, 0.3) is 11.4 Å². The van der Waals surface area contributed by atoms with Crippen molar-refractivity contribution >= 4 is 29.3 Å². The van der Waals surface area contributed by atoms with Gasteiger partial charge in [-0.1, -0.05) is 12.1 Å². The summed E-state index contributed by atoms with van der Waals surface area (Å²) in [4.78, 5) is 36.2. The number of hydrogen-bond acceptors (Lipinski definition) is 8. The van der Waals surface area contributed by atoms with Crippen LogP contribution in [0.3, 0.4) is 0 Å². The number of benzene rings is 2. The van der Waals surface area contributed by atoms with Crippen molar-refractivity contribution in [2.24, 2.45) is 4.99 Å². The van der Waals surface area contributed by atoms with E-state index >= 15 is 0 Å². The molecule has 1 aliphatic rings. The average Bonchev–Trinajstić information content (AvgIpc) is 2.97. The first-order valence-corrected chi connectivity index (χ1v) is 7.08. The second kappa shape index (κ2) is 6.43. The Kier molecular flexibility index (Phi) is 4.15. The highest BCUT2D eigenvalue weighted by molar-refractivity contribution is 6.13. The van der Waals surface area contributed by atoms with E-state index in [-0.39, 0.29) is 34.1 Å². The van der Waals surface area contributed by atoms with E-state index < -0.39 is 21.6 Å². The highest BCUT2D eigenvalue weighted by atomic mass is 16.6. The zero-order valence-electron chi connectivity index (χ0n) is 12.8. The van der Waals surface area contributed by atoms with E-state index in [4.69, 9.17) is 4.74 Å². The van der Waals surface area contributed by atoms with E-state index in [0.717, 1.165) is 24.3 Å². The number of esters is 1. The van der Waals surface area contributed by atoms with Crippen LogP contribution in [-0.4, -0.2) is 21.7 Å². The number of carbonyl (C=O) groups excluding carboxylic acids is 1. The fraction of sp³-hybridized carbons (Fsp3) is 0. The molecule has 0 saturated heterocycles. The third kappa shape index (κ3) is 3.24. The van der Waals surface area contributed by atoms with Gasteiger partial charge in [0, 0.05) is 29.8 Å². The smallest absolute Gasteiger partial charge is 0.363 e. The molecule has 1 heterocycles. The normalized spacial score (nSPS) is 14.8. The van der Waals surface area contributed by atoms with Gasteiger partial charge in [-0.2, -0.15) is 0 Å². The largest absolute Gasteiger partial charge is 0.872 e. The van der Waals surface area contributed by atoms with E-state index in [1.807, 2.05) is 0 Å². The Balaban J connectivity index is 2.00. The Labute approximate surface area is 145 Å². The lowest BCUT2D eigenvalue weighted by Gasteiger charge is -2.09. The Bertz CT molecular complexity index is 1010. The van der Waals surface area contributed by atoms with Crippen LogP contribution in [0.25, 0.3) is 6.08 Å². The van der Waals surface area contributed by atoms with Crippen molar-refractivity contribution in [2.45, 2.75) is 0 Å². The van der Waals surface area contributed by atoms with E-state index in [1.54, 1.807) is 0 Å². The van der Waals surface area contributed by atoms with Crippen molar-refractivity contribution in [3.05, 3.63) is 79.5 Å². The SMILES string of the molecule is O=C1OC(c2cccc([N+](=O)[O-])c2)=NC1=Cc1cc([N+](=O)[O-])ccc1[O-]. The van der Waals surface area contributed by atoms with Gasteiger partial charge in [0.05, 0.1) is 9.85 Å². The molecule has 0 N–H and O–H groups in total. The summed E-state index contributed by atoms with van der Waals surface area (Å²) in [6, 6.07) is 8.40. The molecule has 0 atom stereocenters. The maximum Gasteiger partial charge on any atom is 0.363 e. The number of non-ortho nitro benzene ring substituents is 2. The summed E-state index contributed by atoms with van der Waals surface area (Å²) in [6.07, 6.45) is 1.07. The first kappa shape index (κ1) is 16.8. The number of aliphatic imine (C=N–C) groups is 1. The molecule has 0 amide bonds. The molecule has 0 aliphatic carbocycles.